The van der Waals surface area contributed by atoms with Gasteiger partial charge in [0.25, 0.3) is 11.5 Å². The SMILES string of the molecule is CC(C)NC(=O)N1CCCN(C(=O)c2ccc(=O)[nH]n2)CC1. The third-order valence-corrected chi connectivity index (χ3v) is 3.38. The molecule has 0 spiro atoms. The van der Waals surface area contributed by atoms with Gasteiger partial charge in [-0.15, -0.1) is 0 Å². The van der Waals surface area contributed by atoms with E-state index in [1.165, 1.54) is 12.1 Å². The Bertz CT molecular complexity index is 578. The van der Waals surface area contributed by atoms with E-state index in [-0.39, 0.29) is 29.2 Å². The quantitative estimate of drug-likeness (QED) is 0.805. The van der Waals surface area contributed by atoms with Gasteiger partial charge in [0.05, 0.1) is 0 Å². The van der Waals surface area contributed by atoms with Crippen LogP contribution >= 0.6 is 0 Å². The number of urea groups is 1. The molecule has 120 valence electrons. The lowest BCUT2D eigenvalue weighted by molar-refractivity contribution is 0.0755. The molecule has 1 saturated heterocycles. The molecule has 22 heavy (non-hydrogen) atoms. The third kappa shape index (κ3) is 4.06. The zero-order valence-corrected chi connectivity index (χ0v) is 12.8. The first-order valence-electron chi connectivity index (χ1n) is 7.38. The Labute approximate surface area is 128 Å². The lowest BCUT2D eigenvalue weighted by Gasteiger charge is -2.23. The van der Waals surface area contributed by atoms with Gasteiger partial charge in [0.15, 0.2) is 0 Å². The minimum atomic E-state index is -0.344. The number of carbonyl (C=O) groups is 2. The van der Waals surface area contributed by atoms with Gasteiger partial charge >= 0.3 is 6.03 Å². The molecular weight excluding hydrogens is 286 g/mol. The standard InChI is InChI=1S/C14H21N5O3/c1-10(2)15-14(22)19-7-3-6-18(8-9-19)13(21)11-4-5-12(20)17-16-11/h4-5,10H,3,6-9H2,1-2H3,(H,15,22)(H,17,20). The summed E-state index contributed by atoms with van der Waals surface area (Å²) >= 11 is 0. The molecule has 2 rings (SSSR count). The highest BCUT2D eigenvalue weighted by molar-refractivity contribution is 5.92. The number of nitrogens with zero attached hydrogens (tertiary/aromatic N) is 3. The van der Waals surface area contributed by atoms with Crippen LogP contribution in [0.4, 0.5) is 4.79 Å². The molecule has 0 radical (unpaired) electrons. The highest BCUT2D eigenvalue weighted by Gasteiger charge is 2.23. The maximum absolute atomic E-state index is 12.3. The van der Waals surface area contributed by atoms with Crippen molar-refractivity contribution < 1.29 is 9.59 Å². The number of aromatic nitrogens is 2. The molecule has 1 aromatic heterocycles. The second kappa shape index (κ2) is 7.06. The van der Waals surface area contributed by atoms with E-state index in [1.54, 1.807) is 9.80 Å². The average Bonchev–Trinajstić information content (AvgIpc) is 2.72. The fourth-order valence-electron chi connectivity index (χ4n) is 2.29. The lowest BCUT2D eigenvalue weighted by atomic mass is 10.3. The summed E-state index contributed by atoms with van der Waals surface area (Å²) < 4.78 is 0. The fraction of sp³-hybridized carbons (Fsp3) is 0.571. The zero-order valence-electron chi connectivity index (χ0n) is 12.8. The molecule has 0 aromatic carbocycles. The van der Waals surface area contributed by atoms with E-state index >= 15 is 0 Å². The smallest absolute Gasteiger partial charge is 0.317 e. The van der Waals surface area contributed by atoms with Gasteiger partial charge in [-0.3, -0.25) is 9.59 Å². The Hall–Kier alpha value is -2.38. The van der Waals surface area contributed by atoms with Crippen molar-refractivity contribution in [1.82, 2.24) is 25.3 Å². The molecule has 1 aliphatic rings. The minimum absolute atomic E-state index is 0.0823. The maximum Gasteiger partial charge on any atom is 0.317 e. The third-order valence-electron chi connectivity index (χ3n) is 3.38. The molecule has 0 saturated carbocycles. The summed E-state index contributed by atoms with van der Waals surface area (Å²) in [5, 5.41) is 8.87. The van der Waals surface area contributed by atoms with E-state index in [9.17, 15) is 14.4 Å². The van der Waals surface area contributed by atoms with Crippen molar-refractivity contribution >= 4 is 11.9 Å². The van der Waals surface area contributed by atoms with Crippen LogP contribution in [0.25, 0.3) is 0 Å². The molecule has 0 bridgehead atoms. The summed E-state index contributed by atoms with van der Waals surface area (Å²) in [4.78, 5) is 38.7. The molecule has 0 atom stereocenters. The number of nitrogens with one attached hydrogen (secondary N) is 2. The molecule has 8 heteroatoms. The molecule has 0 unspecified atom stereocenters. The Balaban J connectivity index is 1.97. The average molecular weight is 307 g/mol. The Morgan fingerprint density at radius 1 is 1.18 bits per heavy atom. The number of carbonyl (C=O) groups excluding carboxylic acids is 2. The van der Waals surface area contributed by atoms with Gasteiger partial charge in [-0.25, -0.2) is 9.89 Å². The fourth-order valence-corrected chi connectivity index (χ4v) is 2.29. The predicted molar refractivity (Wildman–Crippen MR) is 80.6 cm³/mol. The van der Waals surface area contributed by atoms with Crippen LogP contribution in [-0.2, 0) is 0 Å². The first kappa shape index (κ1) is 16.0. The molecule has 2 N–H and O–H groups in total. The van der Waals surface area contributed by atoms with E-state index in [2.05, 4.69) is 15.5 Å². The molecule has 1 aromatic rings. The second-order valence-corrected chi connectivity index (χ2v) is 5.54. The maximum atomic E-state index is 12.3. The van der Waals surface area contributed by atoms with Crippen molar-refractivity contribution in [2.45, 2.75) is 26.3 Å². The monoisotopic (exact) mass is 307 g/mol. The van der Waals surface area contributed by atoms with Gasteiger partial charge in [-0.05, 0) is 26.3 Å². The number of aromatic amines is 1. The van der Waals surface area contributed by atoms with Crippen molar-refractivity contribution in [2.75, 3.05) is 26.2 Å². The summed E-state index contributed by atoms with van der Waals surface area (Å²) in [5.74, 6) is -0.234. The van der Waals surface area contributed by atoms with E-state index < -0.39 is 0 Å². The molecule has 1 fully saturated rings. The van der Waals surface area contributed by atoms with Crippen LogP contribution in [0.15, 0.2) is 16.9 Å². The van der Waals surface area contributed by atoms with Crippen molar-refractivity contribution in [3.8, 4) is 0 Å². The summed E-state index contributed by atoms with van der Waals surface area (Å²) in [6, 6.07) is 2.67. The first-order valence-corrected chi connectivity index (χ1v) is 7.38. The first-order chi connectivity index (χ1) is 10.5. The van der Waals surface area contributed by atoms with Crippen molar-refractivity contribution in [2.24, 2.45) is 0 Å². The number of hydrogen-bond donors (Lipinski definition) is 2. The summed E-state index contributed by atoms with van der Waals surface area (Å²) in [6.07, 6.45) is 0.709. The van der Waals surface area contributed by atoms with Crippen LogP contribution in [0.5, 0.6) is 0 Å². The van der Waals surface area contributed by atoms with Gasteiger partial charge in [0.2, 0.25) is 0 Å². The highest BCUT2D eigenvalue weighted by Crippen LogP contribution is 2.07. The molecular formula is C14H21N5O3. The molecule has 2 heterocycles. The van der Waals surface area contributed by atoms with Crippen LogP contribution in [0, 0.1) is 0 Å². The summed E-state index contributed by atoms with van der Waals surface area (Å²) in [6.45, 7) is 5.92. The van der Waals surface area contributed by atoms with Gasteiger partial charge in [-0.2, -0.15) is 5.10 Å². The Morgan fingerprint density at radius 2 is 1.86 bits per heavy atom. The topological polar surface area (TPSA) is 98.4 Å². The Morgan fingerprint density at radius 3 is 2.50 bits per heavy atom. The van der Waals surface area contributed by atoms with E-state index in [1.807, 2.05) is 13.8 Å². The molecule has 1 aliphatic heterocycles. The van der Waals surface area contributed by atoms with Gasteiger partial charge < -0.3 is 15.1 Å². The van der Waals surface area contributed by atoms with Crippen molar-refractivity contribution in [3.05, 3.63) is 28.2 Å². The molecule has 8 nitrogen and oxygen atoms in total. The number of amides is 3. The van der Waals surface area contributed by atoms with Crippen LogP contribution in [-0.4, -0.2) is 64.2 Å². The van der Waals surface area contributed by atoms with Gasteiger partial charge in [0, 0.05) is 38.3 Å². The predicted octanol–water partition coefficient (Wildman–Crippen LogP) is 0.0358. The van der Waals surface area contributed by atoms with Crippen molar-refractivity contribution in [3.63, 3.8) is 0 Å². The van der Waals surface area contributed by atoms with Crippen molar-refractivity contribution in [1.29, 1.82) is 0 Å². The van der Waals surface area contributed by atoms with Gasteiger partial charge in [-0.1, -0.05) is 0 Å². The van der Waals surface area contributed by atoms with E-state index in [4.69, 9.17) is 0 Å². The minimum Gasteiger partial charge on any atom is -0.336 e. The van der Waals surface area contributed by atoms with Crippen LogP contribution in [0.1, 0.15) is 30.8 Å². The zero-order chi connectivity index (χ0) is 16.1. The number of rotatable bonds is 2. The number of H-pyrrole nitrogens is 1. The molecule has 3 amide bonds. The Kier molecular flexibility index (Phi) is 5.13. The van der Waals surface area contributed by atoms with Gasteiger partial charge in [0.1, 0.15) is 5.69 Å². The normalized spacial score (nSPS) is 15.6. The molecule has 0 aliphatic carbocycles. The summed E-state index contributed by atoms with van der Waals surface area (Å²) in [7, 11) is 0. The second-order valence-electron chi connectivity index (χ2n) is 5.54. The summed E-state index contributed by atoms with van der Waals surface area (Å²) in [5.41, 5.74) is -0.136. The largest absolute Gasteiger partial charge is 0.336 e. The van der Waals surface area contributed by atoms with Crippen LogP contribution in [0.2, 0.25) is 0 Å². The highest BCUT2D eigenvalue weighted by atomic mass is 16.2. The number of hydrogen-bond acceptors (Lipinski definition) is 4. The van der Waals surface area contributed by atoms with E-state index in [0.717, 1.165) is 0 Å². The van der Waals surface area contributed by atoms with Crippen LogP contribution in [0.3, 0.4) is 0 Å². The van der Waals surface area contributed by atoms with Crippen LogP contribution < -0.4 is 10.9 Å². The lowest BCUT2D eigenvalue weighted by Crippen LogP contribution is -2.44. The van der Waals surface area contributed by atoms with E-state index in [0.29, 0.717) is 32.6 Å².